The van der Waals surface area contributed by atoms with E-state index in [-0.39, 0.29) is 5.41 Å². The lowest BCUT2D eigenvalue weighted by Gasteiger charge is -2.56. The summed E-state index contributed by atoms with van der Waals surface area (Å²) in [4.78, 5) is 15.8. The van der Waals surface area contributed by atoms with E-state index in [1.165, 1.54) is 30.4 Å². The smallest absolute Gasteiger partial charge is 0.229 e. The van der Waals surface area contributed by atoms with Crippen LogP contribution in [0.4, 0.5) is 0 Å². The molecular weight excluding hydrogens is 326 g/mol. The van der Waals surface area contributed by atoms with Crippen molar-refractivity contribution in [2.45, 2.75) is 51.5 Å². The molecule has 2 heterocycles. The molecule has 4 fully saturated rings. The van der Waals surface area contributed by atoms with Crippen molar-refractivity contribution in [1.82, 2.24) is 4.90 Å². The van der Waals surface area contributed by atoms with E-state index in [4.69, 9.17) is 9.47 Å². The van der Waals surface area contributed by atoms with Gasteiger partial charge in [0.2, 0.25) is 5.91 Å². The van der Waals surface area contributed by atoms with Crippen molar-refractivity contribution in [3.63, 3.8) is 0 Å². The van der Waals surface area contributed by atoms with Gasteiger partial charge in [0.1, 0.15) is 13.2 Å². The highest BCUT2D eigenvalue weighted by Gasteiger charge is 2.55. The van der Waals surface area contributed by atoms with Gasteiger partial charge in [-0.3, -0.25) is 4.79 Å². The number of amides is 1. The van der Waals surface area contributed by atoms with Crippen LogP contribution < -0.4 is 9.47 Å². The number of carbonyl (C=O) groups excluding carboxylic acids is 1. The summed E-state index contributed by atoms with van der Waals surface area (Å²) in [5, 5.41) is 0. The first kappa shape index (κ1) is 15.4. The number of nitrogens with zero attached hydrogens (tertiary/aromatic N) is 1. The van der Waals surface area contributed by atoms with E-state index in [0.29, 0.717) is 19.1 Å². The first-order valence-electron chi connectivity index (χ1n) is 10.4. The molecule has 1 aromatic carbocycles. The molecule has 0 aromatic heterocycles. The maximum Gasteiger partial charge on any atom is 0.229 e. The van der Waals surface area contributed by atoms with E-state index in [2.05, 4.69) is 17.0 Å². The molecule has 4 nitrogen and oxygen atoms in total. The summed E-state index contributed by atoms with van der Waals surface area (Å²) in [6, 6.07) is 4.25. The van der Waals surface area contributed by atoms with Gasteiger partial charge in [0, 0.05) is 13.1 Å². The number of carbonyl (C=O) groups is 1. The van der Waals surface area contributed by atoms with Gasteiger partial charge < -0.3 is 14.4 Å². The summed E-state index contributed by atoms with van der Waals surface area (Å²) in [6.07, 6.45) is 8.56. The van der Waals surface area contributed by atoms with Crippen LogP contribution >= 0.6 is 0 Å². The predicted molar refractivity (Wildman–Crippen MR) is 97.2 cm³/mol. The lowest BCUT2D eigenvalue weighted by Crippen LogP contribution is -2.55. The molecule has 0 saturated heterocycles. The number of hydrogen-bond acceptors (Lipinski definition) is 3. The Morgan fingerprint density at radius 3 is 2.12 bits per heavy atom. The zero-order valence-electron chi connectivity index (χ0n) is 15.3. The predicted octanol–water partition coefficient (Wildman–Crippen LogP) is 3.56. The van der Waals surface area contributed by atoms with Gasteiger partial charge in [0.15, 0.2) is 11.5 Å². The second-order valence-corrected chi connectivity index (χ2v) is 9.44. The lowest BCUT2D eigenvalue weighted by molar-refractivity contribution is -0.158. The minimum Gasteiger partial charge on any atom is -0.486 e. The Balaban J connectivity index is 1.27. The maximum absolute atomic E-state index is 13.6. The molecule has 0 unspecified atom stereocenters. The highest BCUT2D eigenvalue weighted by Crippen LogP contribution is 2.60. The fraction of sp³-hybridized carbons (Fsp3) is 0.682. The largest absolute Gasteiger partial charge is 0.486 e. The van der Waals surface area contributed by atoms with Gasteiger partial charge in [-0.1, -0.05) is 0 Å². The first-order valence-corrected chi connectivity index (χ1v) is 10.4. The van der Waals surface area contributed by atoms with E-state index in [9.17, 15) is 4.79 Å². The SMILES string of the molecule is O=C(N1CCc2cc3c(cc2C1)OCCO3)C12CC3CC(CC(C3)C1)C2. The van der Waals surface area contributed by atoms with Crippen molar-refractivity contribution >= 4 is 5.91 Å². The van der Waals surface area contributed by atoms with Crippen LogP contribution in [0.2, 0.25) is 0 Å². The maximum atomic E-state index is 13.6. The molecule has 4 heteroatoms. The summed E-state index contributed by atoms with van der Waals surface area (Å²) in [7, 11) is 0. The molecule has 2 aliphatic heterocycles. The normalized spacial score (nSPS) is 36.8. The number of benzene rings is 1. The van der Waals surface area contributed by atoms with E-state index >= 15 is 0 Å². The van der Waals surface area contributed by atoms with Crippen molar-refractivity contribution in [1.29, 1.82) is 0 Å². The summed E-state index contributed by atoms with van der Waals surface area (Å²) in [5.74, 6) is 4.63. The topological polar surface area (TPSA) is 38.8 Å². The zero-order valence-corrected chi connectivity index (χ0v) is 15.3. The molecule has 4 bridgehead atoms. The van der Waals surface area contributed by atoms with Crippen molar-refractivity contribution in [3.8, 4) is 11.5 Å². The molecule has 0 spiro atoms. The molecule has 1 amide bonds. The first-order chi connectivity index (χ1) is 12.7. The average Bonchev–Trinajstić information content (AvgIpc) is 2.64. The molecule has 4 saturated carbocycles. The van der Waals surface area contributed by atoms with Crippen LogP contribution in [0, 0.1) is 23.2 Å². The number of fused-ring (bicyclic) bond motifs is 2. The van der Waals surface area contributed by atoms with Crippen LogP contribution in [0.1, 0.15) is 49.7 Å². The Hall–Kier alpha value is -1.71. The molecule has 6 aliphatic rings. The van der Waals surface area contributed by atoms with Crippen LogP contribution in [-0.4, -0.2) is 30.6 Å². The molecule has 0 atom stereocenters. The number of hydrogen-bond donors (Lipinski definition) is 0. The summed E-state index contributed by atoms with van der Waals surface area (Å²) in [6.45, 7) is 2.84. The standard InChI is InChI=1S/C22H27NO3/c24-21(22-10-14-5-15(11-22)7-16(6-14)12-22)23-2-1-17-8-19-20(9-18(17)13-23)26-4-3-25-19/h8-9,14-16H,1-7,10-13H2. The third-order valence-corrected chi connectivity index (χ3v) is 7.66. The van der Waals surface area contributed by atoms with Crippen molar-refractivity contribution < 1.29 is 14.3 Å². The van der Waals surface area contributed by atoms with E-state index in [1.807, 2.05) is 0 Å². The Morgan fingerprint density at radius 1 is 0.923 bits per heavy atom. The lowest BCUT2D eigenvalue weighted by atomic mass is 9.49. The highest BCUT2D eigenvalue weighted by atomic mass is 16.6. The van der Waals surface area contributed by atoms with Crippen molar-refractivity contribution in [3.05, 3.63) is 23.3 Å². The number of rotatable bonds is 1. The molecule has 1 aromatic rings. The molecule has 138 valence electrons. The van der Waals surface area contributed by atoms with Gasteiger partial charge in [-0.2, -0.15) is 0 Å². The summed E-state index contributed by atoms with van der Waals surface area (Å²) in [5.41, 5.74) is 2.54. The monoisotopic (exact) mass is 353 g/mol. The van der Waals surface area contributed by atoms with Crippen LogP contribution in [0.15, 0.2) is 12.1 Å². The van der Waals surface area contributed by atoms with Gasteiger partial charge in [0.05, 0.1) is 5.41 Å². The van der Waals surface area contributed by atoms with Crippen LogP contribution in [0.5, 0.6) is 11.5 Å². The van der Waals surface area contributed by atoms with Gasteiger partial charge in [0.25, 0.3) is 0 Å². The molecule has 7 rings (SSSR count). The molecule has 26 heavy (non-hydrogen) atoms. The van der Waals surface area contributed by atoms with Crippen LogP contribution in [0.3, 0.4) is 0 Å². The third-order valence-electron chi connectivity index (χ3n) is 7.66. The van der Waals surface area contributed by atoms with E-state index in [1.54, 1.807) is 0 Å². The quantitative estimate of drug-likeness (QED) is 0.775. The third kappa shape index (κ3) is 2.23. The van der Waals surface area contributed by atoms with Crippen molar-refractivity contribution in [2.24, 2.45) is 23.2 Å². The molecule has 0 N–H and O–H groups in total. The average molecular weight is 353 g/mol. The van der Waals surface area contributed by atoms with Gasteiger partial charge in [-0.25, -0.2) is 0 Å². The highest BCUT2D eigenvalue weighted by molar-refractivity contribution is 5.83. The number of ether oxygens (including phenoxy) is 2. The van der Waals surface area contributed by atoms with Crippen LogP contribution in [0.25, 0.3) is 0 Å². The van der Waals surface area contributed by atoms with Gasteiger partial charge in [-0.15, -0.1) is 0 Å². The van der Waals surface area contributed by atoms with E-state index < -0.39 is 0 Å². The van der Waals surface area contributed by atoms with Gasteiger partial charge in [-0.05, 0) is 86.0 Å². The molecule has 0 radical (unpaired) electrons. The molecule has 4 aliphatic carbocycles. The van der Waals surface area contributed by atoms with Crippen molar-refractivity contribution in [2.75, 3.05) is 19.8 Å². The van der Waals surface area contributed by atoms with Gasteiger partial charge >= 0.3 is 0 Å². The molecular formula is C22H27NO3. The second kappa shape index (κ2) is 5.40. The fourth-order valence-corrected chi connectivity index (χ4v) is 6.97. The Bertz CT molecular complexity index is 736. The minimum absolute atomic E-state index is 0.0277. The summed E-state index contributed by atoms with van der Waals surface area (Å²) >= 11 is 0. The second-order valence-electron chi connectivity index (χ2n) is 9.44. The van der Waals surface area contributed by atoms with Crippen LogP contribution in [-0.2, 0) is 17.8 Å². The Morgan fingerprint density at radius 2 is 1.50 bits per heavy atom. The van der Waals surface area contributed by atoms with E-state index in [0.717, 1.165) is 68.0 Å². The Kier molecular flexibility index (Phi) is 3.19. The minimum atomic E-state index is -0.0277. The Labute approximate surface area is 154 Å². The summed E-state index contributed by atoms with van der Waals surface area (Å²) < 4.78 is 11.5. The fourth-order valence-electron chi connectivity index (χ4n) is 6.97. The zero-order chi connectivity index (χ0) is 17.3.